The number of benzene rings is 4. The van der Waals surface area contributed by atoms with Crippen molar-refractivity contribution in [2.75, 3.05) is 11.9 Å². The van der Waals surface area contributed by atoms with E-state index in [4.69, 9.17) is 9.47 Å². The summed E-state index contributed by atoms with van der Waals surface area (Å²) in [6, 6.07) is 31.1. The molecule has 0 saturated heterocycles. The first-order chi connectivity index (χ1) is 18.4. The molecule has 0 aromatic heterocycles. The maximum Gasteiger partial charge on any atom is 0.242 e. The summed E-state index contributed by atoms with van der Waals surface area (Å²) in [6.07, 6.45) is 0.182. The molecule has 0 spiro atoms. The third-order valence-electron chi connectivity index (χ3n) is 5.71. The Hall–Kier alpha value is -4.14. The van der Waals surface area contributed by atoms with Crippen LogP contribution in [0.3, 0.4) is 0 Å². The van der Waals surface area contributed by atoms with Crippen LogP contribution in [0.5, 0.6) is 11.5 Å². The second-order valence-electron chi connectivity index (χ2n) is 8.56. The first-order valence-electron chi connectivity index (χ1n) is 12.3. The lowest BCUT2D eigenvalue weighted by Gasteiger charge is -2.19. The van der Waals surface area contributed by atoms with Crippen molar-refractivity contribution in [1.29, 1.82) is 0 Å². The zero-order chi connectivity index (χ0) is 26.8. The Kier molecular flexibility index (Phi) is 9.13. The minimum absolute atomic E-state index is 0.0479. The third-order valence-corrected chi connectivity index (χ3v) is 7.20. The van der Waals surface area contributed by atoms with E-state index in [2.05, 4.69) is 10.0 Å². The molecule has 0 aliphatic carbocycles. The van der Waals surface area contributed by atoms with Crippen LogP contribution in [0.2, 0.25) is 0 Å². The van der Waals surface area contributed by atoms with E-state index in [-0.39, 0.29) is 11.3 Å². The van der Waals surface area contributed by atoms with Crippen molar-refractivity contribution in [1.82, 2.24) is 4.72 Å². The number of ether oxygens (including phenoxy) is 2. The lowest BCUT2D eigenvalue weighted by atomic mass is 10.1. The number of amides is 1. The highest BCUT2D eigenvalue weighted by Gasteiger charge is 2.26. The zero-order valence-corrected chi connectivity index (χ0v) is 21.9. The predicted molar refractivity (Wildman–Crippen MR) is 148 cm³/mol. The van der Waals surface area contributed by atoms with Crippen LogP contribution in [-0.4, -0.2) is 27.0 Å². The Morgan fingerprint density at radius 1 is 0.737 bits per heavy atom. The maximum atomic E-state index is 13.3. The van der Waals surface area contributed by atoms with Crippen molar-refractivity contribution in [2.45, 2.75) is 30.9 Å². The molecule has 0 aliphatic rings. The molecule has 1 atom stereocenters. The quantitative estimate of drug-likeness (QED) is 0.263. The van der Waals surface area contributed by atoms with Crippen molar-refractivity contribution < 1.29 is 22.7 Å². The molecule has 4 aromatic carbocycles. The Labute approximate surface area is 223 Å². The minimum Gasteiger partial charge on any atom is -0.494 e. The van der Waals surface area contributed by atoms with Crippen molar-refractivity contribution in [3.05, 3.63) is 120 Å². The number of carbonyl (C=O) groups is 1. The Bertz CT molecular complexity index is 1410. The van der Waals surface area contributed by atoms with Gasteiger partial charge >= 0.3 is 0 Å². The maximum absolute atomic E-state index is 13.3. The summed E-state index contributed by atoms with van der Waals surface area (Å²) in [6.45, 7) is 2.76. The number of anilines is 1. The van der Waals surface area contributed by atoms with Crippen molar-refractivity contribution >= 4 is 21.6 Å². The summed E-state index contributed by atoms with van der Waals surface area (Å²) in [5.41, 5.74) is 2.40. The molecule has 38 heavy (non-hydrogen) atoms. The summed E-state index contributed by atoms with van der Waals surface area (Å²) in [4.78, 5) is 13.3. The number of nitrogens with one attached hydrogen (secondary N) is 2. The van der Waals surface area contributed by atoms with Gasteiger partial charge in [-0.25, -0.2) is 8.42 Å². The van der Waals surface area contributed by atoms with Gasteiger partial charge in [0.2, 0.25) is 15.9 Å². The summed E-state index contributed by atoms with van der Waals surface area (Å²) in [5.74, 6) is 0.756. The van der Waals surface area contributed by atoms with Gasteiger partial charge in [-0.2, -0.15) is 4.72 Å². The van der Waals surface area contributed by atoms with Gasteiger partial charge in [-0.05, 0) is 73.0 Å². The highest BCUT2D eigenvalue weighted by Crippen LogP contribution is 2.19. The van der Waals surface area contributed by atoms with Crippen LogP contribution in [0.25, 0.3) is 0 Å². The standard InChI is InChI=1S/C30H30N2O5S/c1-2-36-26-17-19-28(20-18-26)38(34,35)32-29(21-23-9-5-3-6-10-23)30(33)31-25-13-15-27(16-14-25)37-22-24-11-7-4-8-12-24/h3-20,29,32H,2,21-22H2,1H3,(H,31,33). The number of rotatable bonds is 12. The van der Waals surface area contributed by atoms with Crippen LogP contribution in [0, 0.1) is 0 Å². The van der Waals surface area contributed by atoms with E-state index in [0.29, 0.717) is 30.4 Å². The average molecular weight is 531 g/mol. The van der Waals surface area contributed by atoms with Crippen LogP contribution >= 0.6 is 0 Å². The first kappa shape index (κ1) is 26.9. The molecule has 2 N–H and O–H groups in total. The van der Waals surface area contributed by atoms with E-state index in [1.165, 1.54) is 12.1 Å². The zero-order valence-electron chi connectivity index (χ0n) is 21.0. The molecule has 1 unspecified atom stereocenters. The largest absolute Gasteiger partial charge is 0.494 e. The normalized spacial score (nSPS) is 11.9. The van der Waals surface area contributed by atoms with Crippen LogP contribution in [0.4, 0.5) is 5.69 Å². The molecular weight excluding hydrogens is 500 g/mol. The first-order valence-corrected chi connectivity index (χ1v) is 13.8. The molecule has 0 bridgehead atoms. The molecule has 4 rings (SSSR count). The smallest absolute Gasteiger partial charge is 0.242 e. The van der Waals surface area contributed by atoms with E-state index in [9.17, 15) is 13.2 Å². The van der Waals surface area contributed by atoms with Gasteiger partial charge in [-0.3, -0.25) is 4.79 Å². The lowest BCUT2D eigenvalue weighted by molar-refractivity contribution is -0.117. The summed E-state index contributed by atoms with van der Waals surface area (Å²) >= 11 is 0. The van der Waals surface area contributed by atoms with Gasteiger partial charge in [-0.1, -0.05) is 60.7 Å². The number of carbonyl (C=O) groups excluding carboxylic acids is 1. The van der Waals surface area contributed by atoms with Gasteiger partial charge in [0.15, 0.2) is 0 Å². The SMILES string of the molecule is CCOc1ccc(S(=O)(=O)NC(Cc2ccccc2)C(=O)Nc2ccc(OCc3ccccc3)cc2)cc1. The Balaban J connectivity index is 1.46. The molecule has 8 heteroatoms. The van der Waals surface area contributed by atoms with Crippen molar-refractivity contribution in [3.63, 3.8) is 0 Å². The Morgan fingerprint density at radius 3 is 1.89 bits per heavy atom. The predicted octanol–water partition coefficient (Wildman–Crippen LogP) is 5.19. The van der Waals surface area contributed by atoms with E-state index in [1.54, 1.807) is 36.4 Å². The fourth-order valence-corrected chi connectivity index (χ4v) is 4.97. The molecule has 0 radical (unpaired) electrons. The topological polar surface area (TPSA) is 93.7 Å². The fourth-order valence-electron chi connectivity index (χ4n) is 3.78. The van der Waals surface area contributed by atoms with Gasteiger partial charge in [0.1, 0.15) is 24.1 Å². The van der Waals surface area contributed by atoms with Gasteiger partial charge < -0.3 is 14.8 Å². The van der Waals surface area contributed by atoms with Crippen molar-refractivity contribution in [2.24, 2.45) is 0 Å². The monoisotopic (exact) mass is 530 g/mol. The summed E-state index contributed by atoms with van der Waals surface area (Å²) in [5, 5.41) is 2.82. The van der Waals surface area contributed by atoms with Gasteiger partial charge in [0, 0.05) is 5.69 Å². The molecule has 0 fully saturated rings. The molecule has 1 amide bonds. The highest BCUT2D eigenvalue weighted by molar-refractivity contribution is 7.89. The molecular formula is C30H30N2O5S. The number of hydrogen-bond acceptors (Lipinski definition) is 5. The second kappa shape index (κ2) is 12.9. The molecule has 7 nitrogen and oxygen atoms in total. The lowest BCUT2D eigenvalue weighted by Crippen LogP contribution is -2.45. The number of hydrogen-bond donors (Lipinski definition) is 2. The molecule has 196 valence electrons. The van der Waals surface area contributed by atoms with E-state index in [1.807, 2.05) is 67.6 Å². The van der Waals surface area contributed by atoms with E-state index < -0.39 is 22.0 Å². The van der Waals surface area contributed by atoms with Crippen LogP contribution < -0.4 is 19.5 Å². The Morgan fingerprint density at radius 2 is 1.29 bits per heavy atom. The second-order valence-corrected chi connectivity index (χ2v) is 10.3. The highest BCUT2D eigenvalue weighted by atomic mass is 32.2. The number of sulfonamides is 1. The molecule has 4 aromatic rings. The molecule has 0 heterocycles. The van der Waals surface area contributed by atoms with E-state index in [0.717, 1.165) is 11.1 Å². The fraction of sp³-hybridized carbons (Fsp3) is 0.167. The van der Waals surface area contributed by atoms with Crippen LogP contribution in [0.1, 0.15) is 18.1 Å². The molecule has 0 aliphatic heterocycles. The van der Waals surface area contributed by atoms with Crippen LogP contribution in [0.15, 0.2) is 114 Å². The minimum atomic E-state index is -3.98. The third kappa shape index (κ3) is 7.68. The molecule has 0 saturated carbocycles. The van der Waals surface area contributed by atoms with Crippen LogP contribution in [-0.2, 0) is 27.8 Å². The van der Waals surface area contributed by atoms with Crippen molar-refractivity contribution in [3.8, 4) is 11.5 Å². The van der Waals surface area contributed by atoms with Gasteiger partial charge in [0.05, 0.1) is 11.5 Å². The van der Waals surface area contributed by atoms with Gasteiger partial charge in [0.25, 0.3) is 0 Å². The summed E-state index contributed by atoms with van der Waals surface area (Å²) < 4.78 is 40.1. The average Bonchev–Trinajstić information content (AvgIpc) is 2.94. The van der Waals surface area contributed by atoms with E-state index >= 15 is 0 Å². The van der Waals surface area contributed by atoms with Gasteiger partial charge in [-0.15, -0.1) is 0 Å². The summed E-state index contributed by atoms with van der Waals surface area (Å²) in [7, 11) is -3.98.